The molecule has 31 heavy (non-hydrogen) atoms. The number of hydrogen-bond donors (Lipinski definition) is 0. The van der Waals surface area contributed by atoms with Crippen LogP contribution in [0.5, 0.6) is 0 Å². The number of anilines is 1. The highest BCUT2D eigenvalue weighted by Gasteiger charge is 2.25. The van der Waals surface area contributed by atoms with Crippen molar-refractivity contribution in [1.82, 2.24) is 9.97 Å². The molecule has 0 fully saturated rings. The minimum absolute atomic E-state index is 0.0493. The van der Waals surface area contributed by atoms with Gasteiger partial charge in [-0.1, -0.05) is 42.0 Å². The van der Waals surface area contributed by atoms with Gasteiger partial charge in [0.15, 0.2) is 5.13 Å². The van der Waals surface area contributed by atoms with E-state index in [4.69, 9.17) is 11.6 Å². The summed E-state index contributed by atoms with van der Waals surface area (Å²) in [6.45, 7) is 2.28. The fraction of sp³-hybridized carbons (Fsp3) is 0.136. The Bertz CT molecular complexity index is 1280. The van der Waals surface area contributed by atoms with Gasteiger partial charge in [0.1, 0.15) is 0 Å². The molecule has 0 spiro atoms. The molecule has 0 bridgehead atoms. The van der Waals surface area contributed by atoms with E-state index < -0.39 is 10.8 Å². The molecule has 0 aliphatic carbocycles. The molecule has 2 heterocycles. The van der Waals surface area contributed by atoms with Crippen molar-refractivity contribution < 1.29 is 9.72 Å². The maximum absolute atomic E-state index is 13.5. The Balaban J connectivity index is 1.80. The molecule has 2 aromatic heterocycles. The number of fused-ring (bicyclic) bond motifs is 1. The molecule has 0 aliphatic rings. The summed E-state index contributed by atoms with van der Waals surface area (Å²) < 4.78 is 0.962. The van der Waals surface area contributed by atoms with Gasteiger partial charge in [0, 0.05) is 24.5 Å². The van der Waals surface area contributed by atoms with Crippen LogP contribution < -0.4 is 4.90 Å². The first-order chi connectivity index (χ1) is 15.0. The lowest BCUT2D eigenvalue weighted by atomic mass is 10.1. The molecule has 4 rings (SSSR count). The van der Waals surface area contributed by atoms with Crippen LogP contribution in [0.25, 0.3) is 10.2 Å². The molecule has 0 unspecified atom stereocenters. The van der Waals surface area contributed by atoms with Crippen molar-refractivity contribution in [2.45, 2.75) is 19.9 Å². The highest BCUT2D eigenvalue weighted by Crippen LogP contribution is 2.33. The molecule has 156 valence electrons. The van der Waals surface area contributed by atoms with Gasteiger partial charge in [0.2, 0.25) is 0 Å². The first kappa shape index (κ1) is 20.9. The quantitative estimate of drug-likeness (QED) is 0.278. The van der Waals surface area contributed by atoms with E-state index in [1.807, 2.05) is 18.2 Å². The predicted octanol–water partition coefficient (Wildman–Crippen LogP) is 5.66. The van der Waals surface area contributed by atoms with Gasteiger partial charge < -0.3 is 0 Å². The summed E-state index contributed by atoms with van der Waals surface area (Å²) in [5, 5.41) is 11.8. The molecule has 2 aromatic carbocycles. The number of aromatic nitrogens is 2. The summed E-state index contributed by atoms with van der Waals surface area (Å²) in [6.07, 6.45) is 4.21. The van der Waals surface area contributed by atoms with Gasteiger partial charge in [0.25, 0.3) is 11.6 Å². The number of carbonyl (C=O) groups excluding carboxylic acids is 1. The molecule has 0 radical (unpaired) electrons. The molecule has 1 amide bonds. The van der Waals surface area contributed by atoms with Crippen LogP contribution in [0.15, 0.2) is 60.9 Å². The number of non-ortho nitro benzene ring substituents is 1. The number of nitro groups is 1. The van der Waals surface area contributed by atoms with Crippen LogP contribution in [0.3, 0.4) is 0 Å². The average Bonchev–Trinajstić information content (AvgIpc) is 3.20. The second kappa shape index (κ2) is 8.79. The van der Waals surface area contributed by atoms with Gasteiger partial charge in [-0.25, -0.2) is 4.98 Å². The summed E-state index contributed by atoms with van der Waals surface area (Å²) in [4.78, 5) is 34.4. The molecule has 4 aromatic rings. The number of amides is 1. The normalized spacial score (nSPS) is 10.9. The van der Waals surface area contributed by atoms with Crippen molar-refractivity contribution in [2.75, 3.05) is 4.90 Å². The van der Waals surface area contributed by atoms with E-state index in [0.717, 1.165) is 22.2 Å². The number of nitro benzene ring substituents is 1. The Kier molecular flexibility index (Phi) is 5.92. The molecule has 0 atom stereocenters. The molecule has 0 aliphatic heterocycles. The second-order valence-corrected chi connectivity index (χ2v) is 8.24. The molecule has 7 nitrogen and oxygen atoms in total. The summed E-state index contributed by atoms with van der Waals surface area (Å²) >= 11 is 7.64. The number of halogens is 1. The number of rotatable bonds is 6. The highest BCUT2D eigenvalue weighted by atomic mass is 35.5. The van der Waals surface area contributed by atoms with E-state index in [0.29, 0.717) is 5.13 Å². The number of pyridine rings is 1. The molecule has 0 saturated heterocycles. The summed E-state index contributed by atoms with van der Waals surface area (Å²) in [5.41, 5.74) is 2.60. The SMILES string of the molecule is CCc1ccc2nc(N(Cc3cccnc3)C(=O)c3cc([N+](=O)[O-])ccc3Cl)sc2c1. The number of aryl methyl sites for hydroxylation is 1. The molecule has 9 heteroatoms. The molecular weight excluding hydrogens is 436 g/mol. The number of benzene rings is 2. The third kappa shape index (κ3) is 4.40. The summed E-state index contributed by atoms with van der Waals surface area (Å²) in [7, 11) is 0. The zero-order valence-corrected chi connectivity index (χ0v) is 18.1. The van der Waals surface area contributed by atoms with Gasteiger partial charge in [-0.15, -0.1) is 0 Å². The monoisotopic (exact) mass is 452 g/mol. The standard InChI is InChI=1S/C22H17ClN4O3S/c1-2-14-5-8-19-20(10-14)31-22(25-19)26(13-15-4-3-9-24-12-15)21(28)17-11-16(27(29)30)6-7-18(17)23/h3-12H,2,13H2,1H3. The van der Waals surface area contributed by atoms with E-state index in [9.17, 15) is 14.9 Å². The predicted molar refractivity (Wildman–Crippen MR) is 122 cm³/mol. The van der Waals surface area contributed by atoms with E-state index in [2.05, 4.69) is 23.0 Å². The van der Waals surface area contributed by atoms with Crippen molar-refractivity contribution in [3.05, 3.63) is 92.8 Å². The summed E-state index contributed by atoms with van der Waals surface area (Å²) in [6, 6.07) is 13.5. The summed E-state index contributed by atoms with van der Waals surface area (Å²) in [5.74, 6) is -0.465. The van der Waals surface area contributed by atoms with Crippen LogP contribution in [0.1, 0.15) is 28.4 Å². The average molecular weight is 453 g/mol. The Morgan fingerprint density at radius 2 is 2.03 bits per heavy atom. The second-order valence-electron chi connectivity index (χ2n) is 6.83. The lowest BCUT2D eigenvalue weighted by Gasteiger charge is -2.20. The highest BCUT2D eigenvalue weighted by molar-refractivity contribution is 7.22. The smallest absolute Gasteiger partial charge is 0.270 e. The van der Waals surface area contributed by atoms with Crippen LogP contribution in [-0.2, 0) is 13.0 Å². The minimum Gasteiger partial charge on any atom is -0.279 e. The first-order valence-electron chi connectivity index (χ1n) is 9.50. The largest absolute Gasteiger partial charge is 0.279 e. The Hall–Kier alpha value is -3.36. The van der Waals surface area contributed by atoms with Crippen LogP contribution in [0.2, 0.25) is 5.02 Å². The van der Waals surface area contributed by atoms with Crippen LogP contribution in [-0.4, -0.2) is 20.8 Å². The van der Waals surface area contributed by atoms with Crippen LogP contribution in [0.4, 0.5) is 10.8 Å². The number of carbonyl (C=O) groups is 1. The minimum atomic E-state index is -0.553. The lowest BCUT2D eigenvalue weighted by molar-refractivity contribution is -0.384. The van der Waals surface area contributed by atoms with Crippen LogP contribution >= 0.6 is 22.9 Å². The zero-order chi connectivity index (χ0) is 22.0. The van der Waals surface area contributed by atoms with E-state index >= 15 is 0 Å². The zero-order valence-electron chi connectivity index (χ0n) is 16.5. The maximum atomic E-state index is 13.5. The Morgan fingerprint density at radius 3 is 2.74 bits per heavy atom. The molecule has 0 N–H and O–H groups in total. The molecular formula is C22H17ClN4O3S. The topological polar surface area (TPSA) is 89.2 Å². The number of nitrogens with zero attached hydrogens (tertiary/aromatic N) is 4. The van der Waals surface area contributed by atoms with Crippen molar-refractivity contribution in [1.29, 1.82) is 0 Å². The third-order valence-electron chi connectivity index (χ3n) is 4.78. The lowest BCUT2D eigenvalue weighted by Crippen LogP contribution is -2.30. The van der Waals surface area contributed by atoms with Gasteiger partial charge in [-0.2, -0.15) is 0 Å². The van der Waals surface area contributed by atoms with Crippen molar-refractivity contribution in [2.24, 2.45) is 0 Å². The van der Waals surface area contributed by atoms with Crippen molar-refractivity contribution in [3.8, 4) is 0 Å². The van der Waals surface area contributed by atoms with E-state index in [1.54, 1.807) is 18.5 Å². The fourth-order valence-corrected chi connectivity index (χ4v) is 4.35. The van der Waals surface area contributed by atoms with Crippen molar-refractivity contribution in [3.63, 3.8) is 0 Å². The van der Waals surface area contributed by atoms with Gasteiger partial charge in [-0.3, -0.25) is 24.8 Å². The van der Waals surface area contributed by atoms with E-state index in [1.165, 1.54) is 40.0 Å². The van der Waals surface area contributed by atoms with Gasteiger partial charge in [0.05, 0.1) is 32.3 Å². The third-order valence-corrected chi connectivity index (χ3v) is 6.15. The molecule has 0 saturated carbocycles. The first-order valence-corrected chi connectivity index (χ1v) is 10.7. The van der Waals surface area contributed by atoms with Gasteiger partial charge >= 0.3 is 0 Å². The maximum Gasteiger partial charge on any atom is 0.270 e. The Morgan fingerprint density at radius 1 is 1.19 bits per heavy atom. The number of thiazole rings is 1. The van der Waals surface area contributed by atoms with E-state index in [-0.39, 0.29) is 22.8 Å². The fourth-order valence-electron chi connectivity index (χ4n) is 3.13. The van der Waals surface area contributed by atoms with Gasteiger partial charge in [-0.05, 0) is 41.8 Å². The number of hydrogen-bond acceptors (Lipinski definition) is 6. The van der Waals surface area contributed by atoms with Crippen LogP contribution in [0, 0.1) is 10.1 Å². The van der Waals surface area contributed by atoms with Crippen molar-refractivity contribution >= 4 is 49.9 Å². The Labute approximate surface area is 187 Å².